The molecule has 1 fully saturated rings. The van der Waals surface area contributed by atoms with Crippen LogP contribution in [0.4, 0.5) is 0 Å². The quantitative estimate of drug-likeness (QED) is 0.550. The number of furan rings is 1. The predicted octanol–water partition coefficient (Wildman–Crippen LogP) is 5.88. The van der Waals surface area contributed by atoms with Gasteiger partial charge in [0.1, 0.15) is 16.9 Å². The predicted molar refractivity (Wildman–Crippen MR) is 103 cm³/mol. The molecule has 0 saturated heterocycles. The molecule has 3 aromatic rings. The summed E-state index contributed by atoms with van der Waals surface area (Å²) < 4.78 is 10.9. The van der Waals surface area contributed by atoms with Crippen molar-refractivity contribution in [1.29, 1.82) is 0 Å². The number of pyridine rings is 1. The minimum absolute atomic E-state index is 0.342. The van der Waals surface area contributed by atoms with Crippen molar-refractivity contribution in [3.05, 3.63) is 53.4 Å². The summed E-state index contributed by atoms with van der Waals surface area (Å²) in [4.78, 5) is 16.8. The van der Waals surface area contributed by atoms with Crippen LogP contribution in [0.2, 0.25) is 0 Å². The van der Waals surface area contributed by atoms with Crippen molar-refractivity contribution in [2.45, 2.75) is 46.5 Å². The first kappa shape index (κ1) is 18.2. The molecule has 0 aliphatic heterocycles. The van der Waals surface area contributed by atoms with Crippen molar-refractivity contribution >= 4 is 16.9 Å². The molecule has 136 valence electrons. The van der Waals surface area contributed by atoms with E-state index in [2.05, 4.69) is 11.1 Å². The Hall–Kier alpha value is -2.62. The molecule has 4 heteroatoms. The van der Waals surface area contributed by atoms with E-state index in [1.807, 2.05) is 44.3 Å². The average Bonchev–Trinajstić information content (AvgIpc) is 3.45. The van der Waals surface area contributed by atoms with Crippen LogP contribution < -0.4 is 0 Å². The second-order valence-corrected chi connectivity index (χ2v) is 6.22. The van der Waals surface area contributed by atoms with Crippen molar-refractivity contribution in [2.75, 3.05) is 6.61 Å². The molecule has 1 aliphatic carbocycles. The first-order valence-electron chi connectivity index (χ1n) is 9.34. The van der Waals surface area contributed by atoms with Crippen LogP contribution in [0.5, 0.6) is 0 Å². The summed E-state index contributed by atoms with van der Waals surface area (Å²) in [6, 6.07) is 10.0. The van der Waals surface area contributed by atoms with Crippen LogP contribution in [0.3, 0.4) is 0 Å². The topological polar surface area (TPSA) is 52.3 Å². The summed E-state index contributed by atoms with van der Waals surface area (Å²) >= 11 is 0. The second-order valence-electron chi connectivity index (χ2n) is 6.22. The van der Waals surface area contributed by atoms with Gasteiger partial charge in [-0.3, -0.25) is 4.98 Å². The van der Waals surface area contributed by atoms with Gasteiger partial charge >= 0.3 is 5.97 Å². The van der Waals surface area contributed by atoms with Gasteiger partial charge in [-0.25, -0.2) is 4.79 Å². The van der Waals surface area contributed by atoms with E-state index in [9.17, 15) is 4.79 Å². The number of benzene rings is 1. The van der Waals surface area contributed by atoms with Gasteiger partial charge in [0.15, 0.2) is 0 Å². The van der Waals surface area contributed by atoms with Gasteiger partial charge in [-0.05, 0) is 62.4 Å². The average molecular weight is 351 g/mol. The van der Waals surface area contributed by atoms with E-state index in [0.29, 0.717) is 29.4 Å². The van der Waals surface area contributed by atoms with Crippen molar-refractivity contribution in [3.63, 3.8) is 0 Å². The molecule has 2 heterocycles. The molecule has 1 aliphatic rings. The van der Waals surface area contributed by atoms with Gasteiger partial charge in [0.05, 0.1) is 12.3 Å². The molecular formula is C22H25NO3. The fourth-order valence-corrected chi connectivity index (χ4v) is 3.07. The summed E-state index contributed by atoms with van der Waals surface area (Å²) in [5.41, 5.74) is 4.37. The van der Waals surface area contributed by atoms with Crippen molar-refractivity contribution < 1.29 is 13.9 Å². The summed E-state index contributed by atoms with van der Waals surface area (Å²) in [6.07, 6.45) is 4.50. The maximum absolute atomic E-state index is 12.2. The Morgan fingerprint density at radius 3 is 2.62 bits per heavy atom. The lowest BCUT2D eigenvalue weighted by Gasteiger charge is -2.04. The SMILES string of the molecule is CC.CCOC(=O)c1c(C)oc2ccc(-c3ccc(C4CC4)cn3)cc12. The number of hydrogen-bond donors (Lipinski definition) is 0. The third-order valence-corrected chi connectivity index (χ3v) is 4.47. The van der Waals surface area contributed by atoms with E-state index in [-0.39, 0.29) is 5.97 Å². The number of carbonyl (C=O) groups is 1. The number of hydrogen-bond acceptors (Lipinski definition) is 4. The number of rotatable bonds is 4. The Morgan fingerprint density at radius 2 is 2.00 bits per heavy atom. The number of aromatic nitrogens is 1. The maximum atomic E-state index is 12.2. The smallest absolute Gasteiger partial charge is 0.342 e. The molecule has 0 unspecified atom stereocenters. The Morgan fingerprint density at radius 1 is 1.23 bits per heavy atom. The van der Waals surface area contributed by atoms with Gasteiger partial charge in [-0.15, -0.1) is 0 Å². The lowest BCUT2D eigenvalue weighted by atomic mass is 10.0. The molecule has 1 aromatic carbocycles. The van der Waals surface area contributed by atoms with Crippen LogP contribution in [0.25, 0.3) is 22.2 Å². The monoisotopic (exact) mass is 351 g/mol. The molecule has 0 N–H and O–H groups in total. The maximum Gasteiger partial charge on any atom is 0.342 e. The number of ether oxygens (including phenoxy) is 1. The summed E-state index contributed by atoms with van der Waals surface area (Å²) in [6.45, 7) is 7.93. The van der Waals surface area contributed by atoms with Gasteiger partial charge in [0.2, 0.25) is 0 Å². The lowest BCUT2D eigenvalue weighted by Crippen LogP contribution is -2.05. The Kier molecular flexibility index (Phi) is 5.40. The van der Waals surface area contributed by atoms with Gasteiger partial charge in [-0.2, -0.15) is 0 Å². The van der Waals surface area contributed by atoms with E-state index in [1.165, 1.54) is 18.4 Å². The highest BCUT2D eigenvalue weighted by Gasteiger charge is 2.24. The Bertz CT molecular complexity index is 905. The van der Waals surface area contributed by atoms with Gasteiger partial charge in [0, 0.05) is 17.1 Å². The zero-order chi connectivity index (χ0) is 18.7. The van der Waals surface area contributed by atoms with Crippen LogP contribution >= 0.6 is 0 Å². The van der Waals surface area contributed by atoms with Crippen LogP contribution in [-0.2, 0) is 4.74 Å². The molecule has 26 heavy (non-hydrogen) atoms. The standard InChI is InChI=1S/C20H19NO3.C2H6/c1-3-23-20(22)19-12(2)24-18-9-7-14(10-16(18)19)17-8-6-15(11-21-17)13-4-5-13;1-2/h6-11,13H,3-5H2,1-2H3;1-2H3. The van der Waals surface area contributed by atoms with E-state index < -0.39 is 0 Å². The molecule has 0 radical (unpaired) electrons. The van der Waals surface area contributed by atoms with Crippen molar-refractivity contribution in [3.8, 4) is 11.3 Å². The van der Waals surface area contributed by atoms with E-state index in [4.69, 9.17) is 9.15 Å². The summed E-state index contributed by atoms with van der Waals surface area (Å²) in [5, 5.41) is 0.775. The Labute approximate surface area is 154 Å². The molecular weight excluding hydrogens is 326 g/mol. The highest BCUT2D eigenvalue weighted by Crippen LogP contribution is 2.40. The molecule has 2 aromatic heterocycles. The number of esters is 1. The van der Waals surface area contributed by atoms with Crippen LogP contribution in [0, 0.1) is 6.92 Å². The fraction of sp³-hybridized carbons (Fsp3) is 0.364. The van der Waals surface area contributed by atoms with Gasteiger partial charge in [-0.1, -0.05) is 19.9 Å². The number of carbonyl (C=O) groups excluding carboxylic acids is 1. The van der Waals surface area contributed by atoms with Gasteiger partial charge < -0.3 is 9.15 Å². The number of nitrogens with zero attached hydrogens (tertiary/aromatic N) is 1. The molecule has 4 rings (SSSR count). The molecule has 0 atom stereocenters. The minimum Gasteiger partial charge on any atom is -0.462 e. The summed E-state index contributed by atoms with van der Waals surface area (Å²) in [7, 11) is 0. The highest BCUT2D eigenvalue weighted by atomic mass is 16.5. The molecule has 4 nitrogen and oxygen atoms in total. The first-order chi connectivity index (χ1) is 12.7. The van der Waals surface area contributed by atoms with Crippen LogP contribution in [-0.4, -0.2) is 17.6 Å². The normalized spacial score (nSPS) is 13.2. The lowest BCUT2D eigenvalue weighted by molar-refractivity contribution is 0.0526. The van der Waals surface area contributed by atoms with Gasteiger partial charge in [0.25, 0.3) is 0 Å². The first-order valence-corrected chi connectivity index (χ1v) is 9.34. The molecule has 0 amide bonds. The fourth-order valence-electron chi connectivity index (χ4n) is 3.07. The number of fused-ring (bicyclic) bond motifs is 1. The third-order valence-electron chi connectivity index (χ3n) is 4.47. The molecule has 0 bridgehead atoms. The zero-order valence-corrected chi connectivity index (χ0v) is 15.8. The minimum atomic E-state index is -0.344. The largest absolute Gasteiger partial charge is 0.462 e. The van der Waals surface area contributed by atoms with E-state index in [0.717, 1.165) is 16.6 Å². The van der Waals surface area contributed by atoms with Crippen LogP contribution in [0.15, 0.2) is 40.9 Å². The number of aryl methyl sites for hydroxylation is 1. The molecule has 1 saturated carbocycles. The second kappa shape index (κ2) is 7.73. The van der Waals surface area contributed by atoms with Crippen LogP contribution in [0.1, 0.15) is 61.2 Å². The summed E-state index contributed by atoms with van der Waals surface area (Å²) in [5.74, 6) is 0.932. The van der Waals surface area contributed by atoms with Crippen molar-refractivity contribution in [2.24, 2.45) is 0 Å². The molecule has 0 spiro atoms. The van der Waals surface area contributed by atoms with Crippen molar-refractivity contribution in [1.82, 2.24) is 4.98 Å². The van der Waals surface area contributed by atoms with E-state index in [1.54, 1.807) is 13.8 Å². The zero-order valence-electron chi connectivity index (χ0n) is 15.8. The van der Waals surface area contributed by atoms with E-state index >= 15 is 0 Å². The highest BCUT2D eigenvalue weighted by molar-refractivity contribution is 6.05. The third kappa shape index (κ3) is 3.50. The Balaban J connectivity index is 0.000000948.